The number of nitrogens with zero attached hydrogens (tertiary/aromatic N) is 2. The average Bonchev–Trinajstić information content (AvgIpc) is 2.25. The first-order valence-corrected chi connectivity index (χ1v) is 4.59. The van der Waals surface area contributed by atoms with E-state index in [0.717, 1.165) is 13.0 Å². The van der Waals surface area contributed by atoms with E-state index in [1.54, 1.807) is 0 Å². The zero-order valence-electron chi connectivity index (χ0n) is 8.04. The molecule has 0 saturated carbocycles. The predicted octanol–water partition coefficient (Wildman–Crippen LogP) is 2.03. The van der Waals surface area contributed by atoms with Crippen LogP contribution in [0.5, 0.6) is 0 Å². The molecule has 2 nitrogen and oxygen atoms in total. The smallest absolute Gasteiger partial charge is 0.0612 e. The number of rotatable bonds is 0. The van der Waals surface area contributed by atoms with Crippen LogP contribution in [0.15, 0.2) is 17.3 Å². The molecular formula is C10H16N2. The molecule has 0 radical (unpaired) electrons. The minimum Gasteiger partial charge on any atom is -0.289 e. The first-order chi connectivity index (χ1) is 5.62. The third-order valence-corrected chi connectivity index (χ3v) is 3.22. The van der Waals surface area contributed by atoms with Gasteiger partial charge in [0.1, 0.15) is 0 Å². The summed E-state index contributed by atoms with van der Waals surface area (Å²) in [4.78, 5) is 0. The highest BCUT2D eigenvalue weighted by Crippen LogP contribution is 2.36. The van der Waals surface area contributed by atoms with E-state index in [2.05, 4.69) is 43.0 Å². The summed E-state index contributed by atoms with van der Waals surface area (Å²) in [5, 5.41) is 6.78. The lowest BCUT2D eigenvalue weighted by Crippen LogP contribution is -2.40. The Bertz CT molecular complexity index is 251. The molecule has 0 aromatic heterocycles. The molecule has 2 rings (SSSR count). The summed E-state index contributed by atoms with van der Waals surface area (Å²) >= 11 is 0. The van der Waals surface area contributed by atoms with Crippen LogP contribution in [-0.2, 0) is 0 Å². The molecule has 0 aliphatic carbocycles. The molecule has 0 spiro atoms. The molecule has 0 amide bonds. The Morgan fingerprint density at radius 3 is 2.92 bits per heavy atom. The largest absolute Gasteiger partial charge is 0.289 e. The maximum absolute atomic E-state index is 4.56. The molecule has 66 valence electrons. The van der Waals surface area contributed by atoms with Crippen molar-refractivity contribution in [3.8, 4) is 0 Å². The molecule has 2 heterocycles. The quantitative estimate of drug-likeness (QED) is 0.500. The van der Waals surface area contributed by atoms with Crippen LogP contribution in [0.3, 0.4) is 0 Å². The molecule has 0 aromatic carbocycles. The summed E-state index contributed by atoms with van der Waals surface area (Å²) in [7, 11) is 0. The van der Waals surface area contributed by atoms with Gasteiger partial charge in [-0.05, 0) is 13.3 Å². The van der Waals surface area contributed by atoms with Crippen molar-refractivity contribution in [3.63, 3.8) is 0 Å². The first kappa shape index (κ1) is 7.84. The second-order valence-corrected chi connectivity index (χ2v) is 4.25. The van der Waals surface area contributed by atoms with E-state index < -0.39 is 0 Å². The van der Waals surface area contributed by atoms with Crippen LogP contribution in [0.4, 0.5) is 0 Å². The van der Waals surface area contributed by atoms with Gasteiger partial charge in [-0.3, -0.25) is 5.01 Å². The summed E-state index contributed by atoms with van der Waals surface area (Å²) in [6.45, 7) is 7.70. The summed E-state index contributed by atoms with van der Waals surface area (Å²) < 4.78 is 0. The first-order valence-electron chi connectivity index (χ1n) is 4.59. The number of hydrazone groups is 1. The van der Waals surface area contributed by atoms with E-state index in [1.807, 2.05) is 0 Å². The molecular weight excluding hydrogens is 148 g/mol. The summed E-state index contributed by atoms with van der Waals surface area (Å²) in [5.74, 6) is 0. The second-order valence-electron chi connectivity index (χ2n) is 4.25. The minimum absolute atomic E-state index is 0.269. The highest BCUT2D eigenvalue weighted by atomic mass is 15.5. The Labute approximate surface area is 73.9 Å². The SMILES string of the molecule is CC1=NN2CC=CCC2C1(C)C. The van der Waals surface area contributed by atoms with Gasteiger partial charge in [-0.2, -0.15) is 5.10 Å². The van der Waals surface area contributed by atoms with E-state index in [-0.39, 0.29) is 5.41 Å². The van der Waals surface area contributed by atoms with Gasteiger partial charge in [0.05, 0.1) is 12.6 Å². The van der Waals surface area contributed by atoms with Crippen molar-refractivity contribution in [1.29, 1.82) is 0 Å². The maximum Gasteiger partial charge on any atom is 0.0612 e. The number of fused-ring (bicyclic) bond motifs is 1. The Morgan fingerprint density at radius 1 is 1.50 bits per heavy atom. The Kier molecular flexibility index (Phi) is 1.53. The highest BCUT2D eigenvalue weighted by molar-refractivity contribution is 5.89. The third kappa shape index (κ3) is 0.904. The molecule has 2 heteroatoms. The molecule has 2 aliphatic rings. The number of hydrogen-bond acceptors (Lipinski definition) is 2. The van der Waals surface area contributed by atoms with Crippen LogP contribution in [0.25, 0.3) is 0 Å². The second kappa shape index (κ2) is 2.35. The van der Waals surface area contributed by atoms with Crippen molar-refractivity contribution in [2.75, 3.05) is 6.54 Å². The van der Waals surface area contributed by atoms with Gasteiger partial charge in [0.15, 0.2) is 0 Å². The van der Waals surface area contributed by atoms with Crippen LogP contribution in [0, 0.1) is 5.41 Å². The lowest BCUT2D eigenvalue weighted by molar-refractivity contribution is 0.175. The van der Waals surface area contributed by atoms with Crippen LogP contribution in [0.1, 0.15) is 27.2 Å². The van der Waals surface area contributed by atoms with Gasteiger partial charge in [-0.1, -0.05) is 26.0 Å². The van der Waals surface area contributed by atoms with Gasteiger partial charge in [0.2, 0.25) is 0 Å². The van der Waals surface area contributed by atoms with Gasteiger partial charge >= 0.3 is 0 Å². The fourth-order valence-electron chi connectivity index (χ4n) is 2.00. The molecule has 1 atom stereocenters. The Hall–Kier alpha value is -0.790. The molecule has 0 aromatic rings. The van der Waals surface area contributed by atoms with Gasteiger partial charge in [0.25, 0.3) is 0 Å². The van der Waals surface area contributed by atoms with Gasteiger partial charge in [0, 0.05) is 11.1 Å². The molecule has 0 N–H and O–H groups in total. The van der Waals surface area contributed by atoms with E-state index in [0.29, 0.717) is 6.04 Å². The maximum atomic E-state index is 4.56. The molecule has 0 fully saturated rings. The van der Waals surface area contributed by atoms with E-state index in [4.69, 9.17) is 0 Å². The predicted molar refractivity (Wildman–Crippen MR) is 51.1 cm³/mol. The van der Waals surface area contributed by atoms with Gasteiger partial charge in [-0.25, -0.2) is 0 Å². The van der Waals surface area contributed by atoms with E-state index in [1.165, 1.54) is 5.71 Å². The van der Waals surface area contributed by atoms with Crippen LogP contribution < -0.4 is 0 Å². The van der Waals surface area contributed by atoms with Crippen molar-refractivity contribution in [2.24, 2.45) is 10.5 Å². The van der Waals surface area contributed by atoms with Gasteiger partial charge in [-0.15, -0.1) is 0 Å². The topological polar surface area (TPSA) is 15.6 Å². The zero-order chi connectivity index (χ0) is 8.77. The standard InChI is InChI=1S/C10H16N2/c1-8-10(2,3)9-6-4-5-7-12(9)11-8/h4-5,9H,6-7H2,1-3H3. The monoisotopic (exact) mass is 164 g/mol. The summed E-state index contributed by atoms with van der Waals surface area (Å²) in [6.07, 6.45) is 5.62. The molecule has 12 heavy (non-hydrogen) atoms. The van der Waals surface area contributed by atoms with Crippen LogP contribution in [0.2, 0.25) is 0 Å². The fraction of sp³-hybridized carbons (Fsp3) is 0.700. The zero-order valence-corrected chi connectivity index (χ0v) is 8.04. The molecule has 2 aliphatic heterocycles. The molecule has 1 unspecified atom stereocenters. The lowest BCUT2D eigenvalue weighted by Gasteiger charge is -2.33. The van der Waals surface area contributed by atoms with Crippen molar-refractivity contribution < 1.29 is 0 Å². The molecule has 0 saturated heterocycles. The van der Waals surface area contributed by atoms with Gasteiger partial charge < -0.3 is 0 Å². The van der Waals surface area contributed by atoms with Crippen LogP contribution in [-0.4, -0.2) is 23.3 Å². The summed E-state index contributed by atoms with van der Waals surface area (Å²) in [6, 6.07) is 0.600. The summed E-state index contributed by atoms with van der Waals surface area (Å²) in [5.41, 5.74) is 1.54. The van der Waals surface area contributed by atoms with Crippen LogP contribution >= 0.6 is 0 Å². The lowest BCUT2D eigenvalue weighted by atomic mass is 9.79. The minimum atomic E-state index is 0.269. The van der Waals surface area contributed by atoms with Crippen molar-refractivity contribution in [2.45, 2.75) is 33.2 Å². The van der Waals surface area contributed by atoms with E-state index >= 15 is 0 Å². The van der Waals surface area contributed by atoms with Crippen molar-refractivity contribution >= 4 is 5.71 Å². The van der Waals surface area contributed by atoms with Crippen molar-refractivity contribution in [3.05, 3.63) is 12.2 Å². The van der Waals surface area contributed by atoms with E-state index in [9.17, 15) is 0 Å². The highest BCUT2D eigenvalue weighted by Gasteiger charge is 2.41. The Balaban J connectivity index is 2.30. The Morgan fingerprint density at radius 2 is 2.25 bits per heavy atom. The normalized spacial score (nSPS) is 31.8. The average molecular weight is 164 g/mol. The fourth-order valence-corrected chi connectivity index (χ4v) is 2.00. The number of hydrogen-bond donors (Lipinski definition) is 0. The third-order valence-electron chi connectivity index (χ3n) is 3.22. The molecule has 0 bridgehead atoms. The van der Waals surface area contributed by atoms with Crippen molar-refractivity contribution in [1.82, 2.24) is 5.01 Å².